The normalized spacial score (nSPS) is 12.7. The number of hydrogen-bond donors (Lipinski definition) is 1. The van der Waals surface area contributed by atoms with Gasteiger partial charge in [0, 0.05) is 6.92 Å². The second-order valence-electron chi connectivity index (χ2n) is 3.44. The summed E-state index contributed by atoms with van der Waals surface area (Å²) < 4.78 is 5.50. The van der Waals surface area contributed by atoms with Crippen LogP contribution in [0.1, 0.15) is 25.8 Å². The second kappa shape index (κ2) is 3.73. The molecule has 0 radical (unpaired) electrons. The number of hydrogen-bond acceptors (Lipinski definition) is 3. The van der Waals surface area contributed by atoms with E-state index in [4.69, 9.17) is 4.42 Å². The molecule has 78 valence electrons. The molecule has 2 rings (SSSR count). The number of amides is 1. The zero-order valence-corrected chi connectivity index (χ0v) is 8.65. The third-order valence-electron chi connectivity index (χ3n) is 2.10. The highest BCUT2D eigenvalue weighted by Crippen LogP contribution is 2.19. The molecule has 1 heterocycles. The number of para-hydroxylation sites is 2. The molecule has 0 saturated heterocycles. The Morgan fingerprint density at radius 1 is 1.47 bits per heavy atom. The van der Waals surface area contributed by atoms with E-state index < -0.39 is 0 Å². The minimum absolute atomic E-state index is 0.0928. The first-order valence-corrected chi connectivity index (χ1v) is 4.79. The van der Waals surface area contributed by atoms with Crippen molar-refractivity contribution in [3.8, 4) is 0 Å². The third kappa shape index (κ3) is 1.98. The summed E-state index contributed by atoms with van der Waals surface area (Å²) >= 11 is 0. The molecule has 1 aromatic carbocycles. The second-order valence-corrected chi connectivity index (χ2v) is 3.44. The molecule has 1 N–H and O–H groups in total. The standard InChI is InChI=1S/C11H12N2O2/c1-7(12-8(2)14)11-13-9-5-3-4-6-10(9)15-11/h3-7H,1-2H3,(H,12,14). The summed E-state index contributed by atoms with van der Waals surface area (Å²) in [6.45, 7) is 3.31. The number of nitrogens with zero attached hydrogens (tertiary/aromatic N) is 1. The maximum Gasteiger partial charge on any atom is 0.217 e. The Morgan fingerprint density at radius 3 is 2.87 bits per heavy atom. The highest BCUT2D eigenvalue weighted by molar-refractivity contribution is 5.74. The van der Waals surface area contributed by atoms with Gasteiger partial charge in [-0.1, -0.05) is 12.1 Å². The lowest BCUT2D eigenvalue weighted by Crippen LogP contribution is -2.23. The SMILES string of the molecule is CC(=O)NC(C)c1nc2ccccc2o1. The summed E-state index contributed by atoms with van der Waals surface area (Å²) in [5.41, 5.74) is 1.55. The van der Waals surface area contributed by atoms with Crippen molar-refractivity contribution >= 4 is 17.0 Å². The Kier molecular flexibility index (Phi) is 2.41. The first kappa shape index (κ1) is 9.71. The summed E-state index contributed by atoms with van der Waals surface area (Å²) in [7, 11) is 0. The van der Waals surface area contributed by atoms with E-state index in [9.17, 15) is 4.79 Å². The predicted molar refractivity (Wildman–Crippen MR) is 56.2 cm³/mol. The number of carbonyl (C=O) groups excluding carboxylic acids is 1. The largest absolute Gasteiger partial charge is 0.438 e. The van der Waals surface area contributed by atoms with Crippen LogP contribution in [0.25, 0.3) is 11.1 Å². The average molecular weight is 204 g/mol. The van der Waals surface area contributed by atoms with Gasteiger partial charge >= 0.3 is 0 Å². The smallest absolute Gasteiger partial charge is 0.217 e. The van der Waals surface area contributed by atoms with Crippen LogP contribution in [0.3, 0.4) is 0 Å². The highest BCUT2D eigenvalue weighted by atomic mass is 16.3. The summed E-state index contributed by atoms with van der Waals surface area (Å²) in [5.74, 6) is 0.441. The molecule has 1 amide bonds. The van der Waals surface area contributed by atoms with Crippen molar-refractivity contribution < 1.29 is 9.21 Å². The van der Waals surface area contributed by atoms with Crippen molar-refractivity contribution in [2.75, 3.05) is 0 Å². The molecular formula is C11H12N2O2. The van der Waals surface area contributed by atoms with E-state index in [1.54, 1.807) is 0 Å². The van der Waals surface area contributed by atoms with Gasteiger partial charge in [0.1, 0.15) is 11.6 Å². The average Bonchev–Trinajstić information content (AvgIpc) is 2.59. The minimum atomic E-state index is -0.199. The van der Waals surface area contributed by atoms with Gasteiger partial charge in [-0.2, -0.15) is 0 Å². The Hall–Kier alpha value is -1.84. The topological polar surface area (TPSA) is 55.1 Å². The van der Waals surface area contributed by atoms with Gasteiger partial charge in [-0.05, 0) is 19.1 Å². The van der Waals surface area contributed by atoms with E-state index in [1.165, 1.54) is 6.92 Å². The van der Waals surface area contributed by atoms with E-state index >= 15 is 0 Å². The first-order chi connectivity index (χ1) is 7.16. The molecule has 2 aromatic rings. The highest BCUT2D eigenvalue weighted by Gasteiger charge is 2.13. The summed E-state index contributed by atoms with van der Waals surface area (Å²) in [4.78, 5) is 15.1. The van der Waals surface area contributed by atoms with E-state index in [0.29, 0.717) is 5.89 Å². The molecule has 4 nitrogen and oxygen atoms in total. The van der Waals surface area contributed by atoms with Gasteiger partial charge in [-0.3, -0.25) is 4.79 Å². The van der Waals surface area contributed by atoms with Crippen molar-refractivity contribution in [1.82, 2.24) is 10.3 Å². The Bertz CT molecular complexity index is 457. The zero-order chi connectivity index (χ0) is 10.8. The van der Waals surface area contributed by atoms with Crippen molar-refractivity contribution in [2.24, 2.45) is 0 Å². The Labute approximate surface area is 87.3 Å². The molecule has 0 aliphatic rings. The Morgan fingerprint density at radius 2 is 2.20 bits per heavy atom. The summed E-state index contributed by atoms with van der Waals surface area (Å²) in [6, 6.07) is 7.32. The molecule has 0 saturated carbocycles. The van der Waals surface area contributed by atoms with Gasteiger partial charge in [0.15, 0.2) is 5.58 Å². The molecule has 1 atom stereocenters. The van der Waals surface area contributed by atoms with E-state index in [1.807, 2.05) is 31.2 Å². The number of benzene rings is 1. The van der Waals surface area contributed by atoms with Gasteiger partial charge in [0.05, 0.1) is 0 Å². The summed E-state index contributed by atoms with van der Waals surface area (Å²) in [6.07, 6.45) is 0. The molecular weight excluding hydrogens is 192 g/mol. The fraction of sp³-hybridized carbons (Fsp3) is 0.273. The van der Waals surface area contributed by atoms with Crippen molar-refractivity contribution in [2.45, 2.75) is 19.9 Å². The molecule has 1 aromatic heterocycles. The van der Waals surface area contributed by atoms with Crippen LogP contribution in [-0.2, 0) is 4.79 Å². The van der Waals surface area contributed by atoms with Crippen LogP contribution in [-0.4, -0.2) is 10.9 Å². The van der Waals surface area contributed by atoms with Gasteiger partial charge in [-0.25, -0.2) is 4.98 Å². The number of oxazole rings is 1. The van der Waals surface area contributed by atoms with Crippen molar-refractivity contribution in [1.29, 1.82) is 0 Å². The van der Waals surface area contributed by atoms with Gasteiger partial charge in [-0.15, -0.1) is 0 Å². The van der Waals surface area contributed by atoms with E-state index in [-0.39, 0.29) is 11.9 Å². The molecule has 0 fully saturated rings. The van der Waals surface area contributed by atoms with Crippen LogP contribution in [0.15, 0.2) is 28.7 Å². The van der Waals surface area contributed by atoms with E-state index in [0.717, 1.165) is 11.1 Å². The molecule has 0 spiro atoms. The van der Waals surface area contributed by atoms with Crippen LogP contribution in [0.4, 0.5) is 0 Å². The van der Waals surface area contributed by atoms with Crippen LogP contribution in [0, 0.1) is 0 Å². The van der Waals surface area contributed by atoms with Crippen molar-refractivity contribution in [3.05, 3.63) is 30.2 Å². The monoisotopic (exact) mass is 204 g/mol. The van der Waals surface area contributed by atoms with Gasteiger partial charge in [0.25, 0.3) is 0 Å². The lowest BCUT2D eigenvalue weighted by molar-refractivity contribution is -0.119. The summed E-state index contributed by atoms with van der Waals surface area (Å²) in [5, 5.41) is 2.72. The molecule has 0 aliphatic carbocycles. The fourth-order valence-electron chi connectivity index (χ4n) is 1.44. The maximum atomic E-state index is 10.9. The number of aromatic nitrogens is 1. The van der Waals surface area contributed by atoms with Gasteiger partial charge < -0.3 is 9.73 Å². The number of carbonyl (C=O) groups is 1. The Balaban J connectivity index is 2.32. The van der Waals surface area contributed by atoms with Crippen LogP contribution >= 0.6 is 0 Å². The molecule has 15 heavy (non-hydrogen) atoms. The molecule has 0 aliphatic heterocycles. The first-order valence-electron chi connectivity index (χ1n) is 4.79. The van der Waals surface area contributed by atoms with Crippen molar-refractivity contribution in [3.63, 3.8) is 0 Å². The molecule has 4 heteroatoms. The lowest BCUT2D eigenvalue weighted by Gasteiger charge is -2.06. The molecule has 0 bridgehead atoms. The van der Waals surface area contributed by atoms with Crippen LogP contribution < -0.4 is 5.32 Å². The van der Waals surface area contributed by atoms with E-state index in [2.05, 4.69) is 10.3 Å². The van der Waals surface area contributed by atoms with Crippen LogP contribution in [0.2, 0.25) is 0 Å². The number of rotatable bonds is 2. The third-order valence-corrected chi connectivity index (χ3v) is 2.10. The minimum Gasteiger partial charge on any atom is -0.438 e. The molecule has 1 unspecified atom stereocenters. The predicted octanol–water partition coefficient (Wildman–Crippen LogP) is 2.02. The number of nitrogens with one attached hydrogen (secondary N) is 1. The lowest BCUT2D eigenvalue weighted by atomic mass is 10.3. The van der Waals surface area contributed by atoms with Crippen LogP contribution in [0.5, 0.6) is 0 Å². The fourth-order valence-corrected chi connectivity index (χ4v) is 1.44. The van der Waals surface area contributed by atoms with Gasteiger partial charge in [0.2, 0.25) is 11.8 Å². The zero-order valence-electron chi connectivity index (χ0n) is 8.65. The quantitative estimate of drug-likeness (QED) is 0.814. The number of fused-ring (bicyclic) bond motifs is 1. The maximum absolute atomic E-state index is 10.9.